The van der Waals surface area contributed by atoms with E-state index in [1.165, 1.54) is 0 Å². The van der Waals surface area contributed by atoms with Gasteiger partial charge in [0, 0.05) is 24.4 Å². The van der Waals surface area contributed by atoms with Gasteiger partial charge < -0.3 is 15.8 Å². The van der Waals surface area contributed by atoms with Crippen LogP contribution in [-0.2, 0) is 4.74 Å². The second-order valence-corrected chi connectivity index (χ2v) is 5.01. The largest absolute Gasteiger partial charge is 0.399 e. The maximum Gasteiger partial charge on any atom is 0.251 e. The van der Waals surface area contributed by atoms with E-state index < -0.39 is 0 Å². The predicted octanol–water partition coefficient (Wildman–Crippen LogP) is 2.12. The molecule has 1 rings (SSSR count). The minimum atomic E-state index is -0.361. The maximum absolute atomic E-state index is 12.0. The van der Waals surface area contributed by atoms with Gasteiger partial charge in [-0.3, -0.25) is 4.79 Å². The second-order valence-electron chi connectivity index (χ2n) is 5.01. The SMILES string of the molecule is CCOC(C)(C)CNC(=O)c1cc(C)cc(N)c1. The van der Waals surface area contributed by atoms with Crippen molar-refractivity contribution in [1.82, 2.24) is 5.32 Å². The number of anilines is 1. The summed E-state index contributed by atoms with van der Waals surface area (Å²) in [6.07, 6.45) is 0. The molecule has 1 amide bonds. The number of benzene rings is 1. The zero-order chi connectivity index (χ0) is 13.8. The molecule has 0 fully saturated rings. The van der Waals surface area contributed by atoms with E-state index in [1.807, 2.05) is 39.8 Å². The molecule has 0 saturated heterocycles. The van der Waals surface area contributed by atoms with Gasteiger partial charge in [0.2, 0.25) is 0 Å². The maximum atomic E-state index is 12.0. The average Bonchev–Trinajstić information content (AvgIpc) is 2.24. The number of hydrogen-bond donors (Lipinski definition) is 2. The molecule has 4 heteroatoms. The van der Waals surface area contributed by atoms with Gasteiger partial charge >= 0.3 is 0 Å². The third-order valence-corrected chi connectivity index (χ3v) is 2.57. The smallest absolute Gasteiger partial charge is 0.251 e. The van der Waals surface area contributed by atoms with E-state index in [2.05, 4.69) is 5.32 Å². The second kappa shape index (κ2) is 5.87. The summed E-state index contributed by atoms with van der Waals surface area (Å²) in [5.41, 5.74) is 7.52. The number of nitrogens with two attached hydrogens (primary N) is 1. The molecule has 0 aliphatic rings. The van der Waals surface area contributed by atoms with Crippen LogP contribution < -0.4 is 11.1 Å². The van der Waals surface area contributed by atoms with Crippen molar-refractivity contribution >= 4 is 11.6 Å². The number of carbonyl (C=O) groups is 1. The van der Waals surface area contributed by atoms with Crippen LogP contribution in [0.5, 0.6) is 0 Å². The van der Waals surface area contributed by atoms with E-state index in [0.717, 1.165) is 5.56 Å². The number of ether oxygens (including phenoxy) is 1. The number of rotatable bonds is 5. The van der Waals surface area contributed by atoms with Gasteiger partial charge in [-0.15, -0.1) is 0 Å². The quantitative estimate of drug-likeness (QED) is 0.787. The van der Waals surface area contributed by atoms with Crippen LogP contribution in [-0.4, -0.2) is 24.7 Å². The normalized spacial score (nSPS) is 11.3. The predicted molar refractivity (Wildman–Crippen MR) is 73.6 cm³/mol. The molecule has 0 saturated carbocycles. The van der Waals surface area contributed by atoms with Gasteiger partial charge in [-0.25, -0.2) is 0 Å². The Bertz CT molecular complexity index is 408. The van der Waals surface area contributed by atoms with Gasteiger partial charge in [-0.1, -0.05) is 0 Å². The van der Waals surface area contributed by atoms with Crippen LogP contribution in [0.4, 0.5) is 5.69 Å². The highest BCUT2D eigenvalue weighted by atomic mass is 16.5. The molecular weight excluding hydrogens is 228 g/mol. The van der Waals surface area contributed by atoms with Crippen LogP contribution in [0.15, 0.2) is 18.2 Å². The molecule has 1 aromatic carbocycles. The average molecular weight is 250 g/mol. The van der Waals surface area contributed by atoms with Gasteiger partial charge in [-0.2, -0.15) is 0 Å². The summed E-state index contributed by atoms with van der Waals surface area (Å²) in [5.74, 6) is -0.127. The lowest BCUT2D eigenvalue weighted by molar-refractivity contribution is -0.00815. The molecule has 0 spiro atoms. The molecule has 0 heterocycles. The Morgan fingerprint density at radius 1 is 1.39 bits per heavy atom. The third kappa shape index (κ3) is 4.37. The molecule has 0 radical (unpaired) electrons. The van der Waals surface area contributed by atoms with E-state index in [4.69, 9.17) is 10.5 Å². The monoisotopic (exact) mass is 250 g/mol. The molecule has 0 unspecified atom stereocenters. The molecular formula is C14H22N2O2. The summed E-state index contributed by atoms with van der Waals surface area (Å²) in [4.78, 5) is 12.0. The summed E-state index contributed by atoms with van der Waals surface area (Å²) in [6, 6.07) is 5.33. The zero-order valence-corrected chi connectivity index (χ0v) is 11.5. The first-order chi connectivity index (χ1) is 8.34. The number of amides is 1. The Balaban J connectivity index is 2.66. The molecule has 3 N–H and O–H groups in total. The molecule has 0 bridgehead atoms. The summed E-state index contributed by atoms with van der Waals surface area (Å²) >= 11 is 0. The van der Waals surface area contributed by atoms with E-state index in [0.29, 0.717) is 24.4 Å². The molecule has 18 heavy (non-hydrogen) atoms. The first-order valence-corrected chi connectivity index (χ1v) is 6.13. The Morgan fingerprint density at radius 3 is 2.61 bits per heavy atom. The van der Waals surface area contributed by atoms with E-state index >= 15 is 0 Å². The van der Waals surface area contributed by atoms with Crippen molar-refractivity contribution in [3.63, 3.8) is 0 Å². The van der Waals surface area contributed by atoms with Crippen LogP contribution in [0.1, 0.15) is 36.7 Å². The summed E-state index contributed by atoms with van der Waals surface area (Å²) in [7, 11) is 0. The van der Waals surface area contributed by atoms with Crippen molar-refractivity contribution in [2.45, 2.75) is 33.3 Å². The van der Waals surface area contributed by atoms with Crippen LogP contribution >= 0.6 is 0 Å². The summed E-state index contributed by atoms with van der Waals surface area (Å²) < 4.78 is 5.52. The number of hydrogen-bond acceptors (Lipinski definition) is 3. The van der Waals surface area contributed by atoms with Crippen molar-refractivity contribution in [2.24, 2.45) is 0 Å². The standard InChI is InChI=1S/C14H22N2O2/c1-5-18-14(3,4)9-16-13(17)11-6-10(2)7-12(15)8-11/h6-8H,5,9,15H2,1-4H3,(H,16,17). The first-order valence-electron chi connectivity index (χ1n) is 6.13. The molecule has 4 nitrogen and oxygen atoms in total. The lowest BCUT2D eigenvalue weighted by atomic mass is 10.1. The van der Waals surface area contributed by atoms with Crippen molar-refractivity contribution in [2.75, 3.05) is 18.9 Å². The highest BCUT2D eigenvalue weighted by Crippen LogP contribution is 2.12. The lowest BCUT2D eigenvalue weighted by Gasteiger charge is -2.24. The Morgan fingerprint density at radius 2 is 2.06 bits per heavy atom. The Labute approximate surface area is 109 Å². The minimum absolute atomic E-state index is 0.127. The summed E-state index contributed by atoms with van der Waals surface area (Å²) in [5, 5.41) is 2.86. The third-order valence-electron chi connectivity index (χ3n) is 2.57. The Kier molecular flexibility index (Phi) is 4.73. The van der Waals surface area contributed by atoms with Crippen LogP contribution in [0.3, 0.4) is 0 Å². The van der Waals surface area contributed by atoms with E-state index in [-0.39, 0.29) is 11.5 Å². The molecule has 0 aliphatic carbocycles. The van der Waals surface area contributed by atoms with Crippen molar-refractivity contribution < 1.29 is 9.53 Å². The van der Waals surface area contributed by atoms with Gasteiger partial charge in [0.05, 0.1) is 5.60 Å². The fraction of sp³-hybridized carbons (Fsp3) is 0.500. The van der Waals surface area contributed by atoms with Crippen LogP contribution in [0.25, 0.3) is 0 Å². The van der Waals surface area contributed by atoms with Gasteiger partial charge in [-0.05, 0) is 51.5 Å². The van der Waals surface area contributed by atoms with E-state index in [1.54, 1.807) is 6.07 Å². The highest BCUT2D eigenvalue weighted by molar-refractivity contribution is 5.95. The Hall–Kier alpha value is -1.55. The molecule has 0 atom stereocenters. The van der Waals surface area contributed by atoms with Crippen molar-refractivity contribution in [1.29, 1.82) is 0 Å². The van der Waals surface area contributed by atoms with E-state index in [9.17, 15) is 4.79 Å². The van der Waals surface area contributed by atoms with Gasteiger partial charge in [0.15, 0.2) is 0 Å². The molecule has 0 aromatic heterocycles. The minimum Gasteiger partial charge on any atom is -0.399 e. The lowest BCUT2D eigenvalue weighted by Crippen LogP contribution is -2.40. The topological polar surface area (TPSA) is 64.3 Å². The molecule has 1 aromatic rings. The van der Waals surface area contributed by atoms with Crippen molar-refractivity contribution in [3.05, 3.63) is 29.3 Å². The van der Waals surface area contributed by atoms with Crippen LogP contribution in [0, 0.1) is 6.92 Å². The number of nitrogens with one attached hydrogen (secondary N) is 1. The van der Waals surface area contributed by atoms with Gasteiger partial charge in [0.25, 0.3) is 5.91 Å². The molecule has 0 aliphatic heterocycles. The first kappa shape index (κ1) is 14.5. The number of carbonyl (C=O) groups excluding carboxylic acids is 1. The fourth-order valence-corrected chi connectivity index (χ4v) is 1.78. The molecule has 100 valence electrons. The summed E-state index contributed by atoms with van der Waals surface area (Å²) in [6.45, 7) is 8.83. The van der Waals surface area contributed by atoms with Gasteiger partial charge in [0.1, 0.15) is 0 Å². The number of nitrogen functional groups attached to an aromatic ring is 1. The fourth-order valence-electron chi connectivity index (χ4n) is 1.78. The van der Waals surface area contributed by atoms with Crippen molar-refractivity contribution in [3.8, 4) is 0 Å². The highest BCUT2D eigenvalue weighted by Gasteiger charge is 2.19. The number of aryl methyl sites for hydroxylation is 1. The van der Waals surface area contributed by atoms with Crippen LogP contribution in [0.2, 0.25) is 0 Å². The zero-order valence-electron chi connectivity index (χ0n) is 11.5.